The molecule has 0 spiro atoms. The molecule has 0 fully saturated rings. The Hall–Kier alpha value is -0.400. The number of hydrogen-bond donors (Lipinski definition) is 1. The van der Waals surface area contributed by atoms with Crippen LogP contribution in [0.5, 0.6) is 0 Å². The van der Waals surface area contributed by atoms with Gasteiger partial charge in [0.25, 0.3) is 0 Å². The predicted molar refractivity (Wildman–Crippen MR) is 51.9 cm³/mol. The Balaban J connectivity index is 4.10. The summed E-state index contributed by atoms with van der Waals surface area (Å²) in [5, 5.41) is 0. The summed E-state index contributed by atoms with van der Waals surface area (Å²) in [5.74, 6) is -1.48. The molecule has 0 aromatic rings. The summed E-state index contributed by atoms with van der Waals surface area (Å²) in [6.07, 6.45) is 0. The SMILES string of the molecule is C=C(Br)CNS(=O)(=O)CC(=O)OC. The average molecular weight is 272 g/mol. The van der Waals surface area contributed by atoms with Crippen LogP contribution in [0.15, 0.2) is 11.1 Å². The van der Waals surface area contributed by atoms with Gasteiger partial charge in [-0.1, -0.05) is 22.5 Å². The van der Waals surface area contributed by atoms with Crippen LogP contribution in [0, 0.1) is 0 Å². The third-order valence-corrected chi connectivity index (χ3v) is 2.50. The van der Waals surface area contributed by atoms with E-state index in [0.29, 0.717) is 4.48 Å². The van der Waals surface area contributed by atoms with Crippen molar-refractivity contribution in [2.45, 2.75) is 0 Å². The Bertz CT molecular complexity index is 298. The van der Waals surface area contributed by atoms with Crippen molar-refractivity contribution >= 4 is 31.9 Å². The van der Waals surface area contributed by atoms with E-state index in [2.05, 4.69) is 32.0 Å². The van der Waals surface area contributed by atoms with E-state index in [1.54, 1.807) is 0 Å². The molecule has 0 amide bonds. The molecular weight excluding hydrogens is 262 g/mol. The molecule has 0 aliphatic heterocycles. The van der Waals surface area contributed by atoms with Crippen molar-refractivity contribution in [1.29, 1.82) is 0 Å². The highest BCUT2D eigenvalue weighted by atomic mass is 79.9. The van der Waals surface area contributed by atoms with Crippen molar-refractivity contribution in [2.75, 3.05) is 19.4 Å². The quantitative estimate of drug-likeness (QED) is 0.714. The Morgan fingerprint density at radius 2 is 2.15 bits per heavy atom. The van der Waals surface area contributed by atoms with Crippen LogP contribution in [-0.4, -0.2) is 33.8 Å². The van der Waals surface area contributed by atoms with Gasteiger partial charge >= 0.3 is 5.97 Å². The van der Waals surface area contributed by atoms with E-state index in [-0.39, 0.29) is 6.54 Å². The second-order valence-corrected chi connectivity index (χ2v) is 5.10. The topological polar surface area (TPSA) is 72.5 Å². The first kappa shape index (κ1) is 12.6. The molecule has 0 rings (SSSR count). The molecule has 0 saturated heterocycles. The number of sulfonamides is 1. The lowest BCUT2D eigenvalue weighted by atomic mass is 10.7. The number of ether oxygens (including phenoxy) is 1. The fraction of sp³-hybridized carbons (Fsp3) is 0.500. The molecule has 0 unspecified atom stereocenters. The summed E-state index contributed by atoms with van der Waals surface area (Å²) in [6.45, 7) is 3.49. The lowest BCUT2D eigenvalue weighted by Crippen LogP contribution is -2.31. The van der Waals surface area contributed by atoms with Gasteiger partial charge in [-0.05, 0) is 0 Å². The number of esters is 1. The molecule has 0 saturated carbocycles. The molecule has 0 heterocycles. The van der Waals surface area contributed by atoms with Gasteiger partial charge in [0.2, 0.25) is 10.0 Å². The van der Waals surface area contributed by atoms with Crippen LogP contribution >= 0.6 is 15.9 Å². The molecule has 0 aliphatic rings. The minimum absolute atomic E-state index is 0.0549. The standard InChI is InChI=1S/C6H10BrNO4S/c1-5(7)3-8-13(10,11)4-6(9)12-2/h8H,1,3-4H2,2H3. The van der Waals surface area contributed by atoms with Crippen molar-refractivity contribution in [3.8, 4) is 0 Å². The fourth-order valence-electron chi connectivity index (χ4n) is 0.453. The number of hydrogen-bond acceptors (Lipinski definition) is 4. The second kappa shape index (κ2) is 5.36. The fourth-order valence-corrected chi connectivity index (χ4v) is 1.70. The number of rotatable bonds is 5. The molecule has 0 aromatic heterocycles. The minimum atomic E-state index is -3.60. The number of nitrogens with one attached hydrogen (secondary N) is 1. The van der Waals surface area contributed by atoms with Gasteiger partial charge in [0.1, 0.15) is 0 Å². The van der Waals surface area contributed by atoms with Gasteiger partial charge in [-0.2, -0.15) is 0 Å². The molecule has 0 aromatic carbocycles. The average Bonchev–Trinajstić information content (AvgIpc) is 2.00. The van der Waals surface area contributed by atoms with Crippen LogP contribution in [0.25, 0.3) is 0 Å². The van der Waals surface area contributed by atoms with Crippen LogP contribution in [0.3, 0.4) is 0 Å². The van der Waals surface area contributed by atoms with Gasteiger partial charge < -0.3 is 4.74 Å². The van der Waals surface area contributed by atoms with Gasteiger partial charge in [0.15, 0.2) is 5.75 Å². The molecule has 0 atom stereocenters. The lowest BCUT2D eigenvalue weighted by molar-refractivity contribution is -0.137. The Labute approximate surface area is 85.3 Å². The van der Waals surface area contributed by atoms with Crippen molar-refractivity contribution in [1.82, 2.24) is 4.72 Å². The summed E-state index contributed by atoms with van der Waals surface area (Å²) in [5.41, 5.74) is 0. The smallest absolute Gasteiger partial charge is 0.322 e. The minimum Gasteiger partial charge on any atom is -0.468 e. The molecular formula is C6H10BrNO4S. The van der Waals surface area contributed by atoms with Gasteiger partial charge in [-0.25, -0.2) is 13.1 Å². The number of halogens is 1. The summed E-state index contributed by atoms with van der Waals surface area (Å²) in [6, 6.07) is 0. The summed E-state index contributed by atoms with van der Waals surface area (Å²) in [7, 11) is -2.48. The Morgan fingerprint density at radius 3 is 2.54 bits per heavy atom. The highest BCUT2D eigenvalue weighted by Gasteiger charge is 2.15. The van der Waals surface area contributed by atoms with Gasteiger partial charge in [-0.3, -0.25) is 4.79 Å². The van der Waals surface area contributed by atoms with Gasteiger partial charge in [0.05, 0.1) is 7.11 Å². The van der Waals surface area contributed by atoms with Crippen molar-refractivity contribution < 1.29 is 17.9 Å². The summed E-state index contributed by atoms with van der Waals surface area (Å²) in [4.78, 5) is 10.6. The summed E-state index contributed by atoms with van der Waals surface area (Å²) >= 11 is 2.97. The van der Waals surface area contributed by atoms with Gasteiger partial charge in [0, 0.05) is 11.0 Å². The van der Waals surface area contributed by atoms with E-state index < -0.39 is 21.7 Å². The first-order valence-electron chi connectivity index (χ1n) is 3.25. The molecule has 0 radical (unpaired) electrons. The van der Waals surface area contributed by atoms with Crippen molar-refractivity contribution in [3.63, 3.8) is 0 Å². The van der Waals surface area contributed by atoms with E-state index in [1.165, 1.54) is 0 Å². The largest absolute Gasteiger partial charge is 0.468 e. The zero-order chi connectivity index (χ0) is 10.5. The normalized spacial score (nSPS) is 10.9. The molecule has 7 heteroatoms. The number of carbonyl (C=O) groups excluding carboxylic acids is 1. The van der Waals surface area contributed by atoms with Crippen molar-refractivity contribution in [3.05, 3.63) is 11.1 Å². The van der Waals surface area contributed by atoms with Crippen molar-refractivity contribution in [2.24, 2.45) is 0 Å². The van der Waals surface area contributed by atoms with Crippen LogP contribution in [0.2, 0.25) is 0 Å². The van der Waals surface area contributed by atoms with E-state index in [4.69, 9.17) is 0 Å². The van der Waals surface area contributed by atoms with Crippen LogP contribution < -0.4 is 4.72 Å². The van der Waals surface area contributed by atoms with E-state index in [0.717, 1.165) is 7.11 Å². The molecule has 5 nitrogen and oxygen atoms in total. The summed E-state index contributed by atoms with van der Waals surface area (Å²) < 4.78 is 28.9. The molecule has 76 valence electrons. The first-order valence-corrected chi connectivity index (χ1v) is 5.69. The van der Waals surface area contributed by atoms with E-state index >= 15 is 0 Å². The number of methoxy groups -OCH3 is 1. The highest BCUT2D eigenvalue weighted by Crippen LogP contribution is 1.98. The highest BCUT2D eigenvalue weighted by molar-refractivity contribution is 9.11. The zero-order valence-electron chi connectivity index (χ0n) is 7.04. The predicted octanol–water partition coefficient (Wildman–Crippen LogP) is -0.0126. The van der Waals surface area contributed by atoms with Crippen LogP contribution in [0.1, 0.15) is 0 Å². The second-order valence-electron chi connectivity index (χ2n) is 2.17. The van der Waals surface area contributed by atoms with Crippen LogP contribution in [-0.2, 0) is 19.6 Å². The third-order valence-electron chi connectivity index (χ3n) is 1.02. The molecule has 13 heavy (non-hydrogen) atoms. The zero-order valence-corrected chi connectivity index (χ0v) is 9.44. The maximum Gasteiger partial charge on any atom is 0.322 e. The van der Waals surface area contributed by atoms with Gasteiger partial charge in [-0.15, -0.1) is 0 Å². The maximum atomic E-state index is 11.0. The van der Waals surface area contributed by atoms with E-state index in [9.17, 15) is 13.2 Å². The molecule has 0 bridgehead atoms. The first-order chi connectivity index (χ1) is 5.87. The Morgan fingerprint density at radius 1 is 1.62 bits per heavy atom. The van der Waals surface area contributed by atoms with Crippen LogP contribution in [0.4, 0.5) is 0 Å². The maximum absolute atomic E-state index is 11.0. The number of carbonyl (C=O) groups is 1. The molecule has 1 N–H and O–H groups in total. The third kappa shape index (κ3) is 6.73. The monoisotopic (exact) mass is 271 g/mol. The lowest BCUT2D eigenvalue weighted by Gasteiger charge is -2.03. The Kier molecular flexibility index (Phi) is 5.19. The molecule has 0 aliphatic carbocycles. The van der Waals surface area contributed by atoms with E-state index in [1.807, 2.05) is 0 Å².